The number of benzene rings is 4. The Morgan fingerprint density at radius 2 is 0.872 bits per heavy atom. The van der Waals surface area contributed by atoms with Gasteiger partial charge in [-0.05, 0) is 22.3 Å². The quantitative estimate of drug-likeness (QED) is 0.179. The van der Waals surface area contributed by atoms with Gasteiger partial charge in [0.1, 0.15) is 36.6 Å². The third kappa shape index (κ3) is 9.33. The van der Waals surface area contributed by atoms with Crippen LogP contribution in [0, 0.1) is 0 Å². The topological polar surface area (TPSA) is 105 Å². The van der Waals surface area contributed by atoms with Crippen molar-refractivity contribution in [3.8, 4) is 0 Å². The summed E-state index contributed by atoms with van der Waals surface area (Å²) in [5.41, 5.74) is 3.94. The van der Waals surface area contributed by atoms with Crippen LogP contribution in [0.2, 0.25) is 0 Å². The van der Waals surface area contributed by atoms with Crippen molar-refractivity contribution in [1.82, 2.24) is 0 Å². The smallest absolute Gasteiger partial charge is 0.186 e. The zero-order valence-corrected chi connectivity index (χ0v) is 26.2. The van der Waals surface area contributed by atoms with Gasteiger partial charge in [-0.2, -0.15) is 0 Å². The zero-order chi connectivity index (χ0) is 32.3. The van der Waals surface area contributed by atoms with E-state index in [1.54, 1.807) is 0 Å². The normalized spacial score (nSPS) is 27.3. The average Bonchev–Trinajstić information content (AvgIpc) is 3.59. The molecule has 2 saturated heterocycles. The lowest BCUT2D eigenvalue weighted by molar-refractivity contribution is -0.201. The van der Waals surface area contributed by atoms with Crippen LogP contribution in [0.25, 0.3) is 0 Å². The largest absolute Gasteiger partial charge is 0.385 e. The summed E-state index contributed by atoms with van der Waals surface area (Å²) in [6.07, 6.45) is -6.72. The second-order valence-electron chi connectivity index (χ2n) is 11.7. The molecule has 0 saturated carbocycles. The number of ether oxygens (including phenoxy) is 7. The van der Waals surface area contributed by atoms with E-state index in [9.17, 15) is 10.2 Å². The van der Waals surface area contributed by atoms with Gasteiger partial charge in [-0.25, -0.2) is 0 Å². The van der Waals surface area contributed by atoms with Gasteiger partial charge < -0.3 is 43.4 Å². The molecule has 2 N–H and O–H groups in total. The standard InChI is InChI=1S/C38H42O9/c39-33-34(42-22-28-15-7-2-8-16-28)31(25-41-21-27-13-5-1-6-14-27)47-38(33)45-26-32-35(43-23-29-17-9-3-10-18-29)36(37(40)46-32)44-24-30-19-11-4-12-20-30/h1-20,31-40H,21-26H2/t31-,32-,33+,34-,35-,36+,37+,38+/m1/s1. The number of rotatable bonds is 16. The molecule has 8 atom stereocenters. The van der Waals surface area contributed by atoms with Gasteiger partial charge >= 0.3 is 0 Å². The van der Waals surface area contributed by atoms with E-state index in [1.165, 1.54) is 0 Å². The Labute approximate surface area is 275 Å². The van der Waals surface area contributed by atoms with Gasteiger partial charge in [-0.15, -0.1) is 0 Å². The van der Waals surface area contributed by atoms with Gasteiger partial charge in [-0.3, -0.25) is 0 Å². The zero-order valence-electron chi connectivity index (χ0n) is 26.2. The number of hydrogen-bond acceptors (Lipinski definition) is 9. The Morgan fingerprint density at radius 1 is 0.447 bits per heavy atom. The van der Waals surface area contributed by atoms with Crippen molar-refractivity contribution in [3.63, 3.8) is 0 Å². The van der Waals surface area contributed by atoms with E-state index >= 15 is 0 Å². The Balaban J connectivity index is 1.10. The molecule has 2 heterocycles. The highest BCUT2D eigenvalue weighted by molar-refractivity contribution is 5.16. The van der Waals surface area contributed by atoms with Crippen LogP contribution in [0.4, 0.5) is 0 Å². The van der Waals surface area contributed by atoms with Crippen molar-refractivity contribution >= 4 is 0 Å². The molecule has 0 spiro atoms. The lowest BCUT2D eigenvalue weighted by Crippen LogP contribution is -2.41. The minimum atomic E-state index is -1.23. The van der Waals surface area contributed by atoms with Crippen molar-refractivity contribution < 1.29 is 43.4 Å². The molecule has 2 aliphatic heterocycles. The molecular weight excluding hydrogens is 600 g/mol. The van der Waals surface area contributed by atoms with Gasteiger partial charge in [0.05, 0.1) is 39.6 Å². The number of aliphatic hydroxyl groups is 2. The maximum atomic E-state index is 11.3. The van der Waals surface area contributed by atoms with Crippen LogP contribution < -0.4 is 0 Å². The number of hydrogen-bond donors (Lipinski definition) is 2. The minimum Gasteiger partial charge on any atom is -0.385 e. The fourth-order valence-corrected chi connectivity index (χ4v) is 5.76. The highest BCUT2D eigenvalue weighted by atomic mass is 16.7. The fourth-order valence-electron chi connectivity index (χ4n) is 5.76. The van der Waals surface area contributed by atoms with E-state index in [0.717, 1.165) is 22.3 Å². The Kier molecular flexibility index (Phi) is 12.1. The molecule has 9 nitrogen and oxygen atoms in total. The first-order valence-electron chi connectivity index (χ1n) is 16.0. The molecule has 4 aromatic carbocycles. The molecular formula is C38H42O9. The average molecular weight is 643 g/mol. The summed E-state index contributed by atoms with van der Waals surface area (Å²) in [4.78, 5) is 0. The van der Waals surface area contributed by atoms with E-state index in [2.05, 4.69) is 0 Å². The van der Waals surface area contributed by atoms with Crippen LogP contribution in [0.5, 0.6) is 0 Å². The molecule has 4 aromatic rings. The van der Waals surface area contributed by atoms with Gasteiger partial charge in [0.2, 0.25) is 0 Å². The van der Waals surface area contributed by atoms with Crippen molar-refractivity contribution in [1.29, 1.82) is 0 Å². The minimum absolute atomic E-state index is 0.0214. The Morgan fingerprint density at radius 3 is 1.38 bits per heavy atom. The molecule has 0 aromatic heterocycles. The summed E-state index contributed by atoms with van der Waals surface area (Å²) in [5, 5.41) is 22.2. The maximum Gasteiger partial charge on any atom is 0.186 e. The predicted molar refractivity (Wildman–Crippen MR) is 173 cm³/mol. The van der Waals surface area contributed by atoms with Crippen LogP contribution in [-0.4, -0.2) is 72.6 Å². The monoisotopic (exact) mass is 642 g/mol. The highest BCUT2D eigenvalue weighted by Gasteiger charge is 2.49. The van der Waals surface area contributed by atoms with Gasteiger partial charge in [0.25, 0.3) is 0 Å². The molecule has 0 amide bonds. The third-order valence-corrected chi connectivity index (χ3v) is 8.25. The molecule has 9 heteroatoms. The van der Waals surface area contributed by atoms with Crippen molar-refractivity contribution in [3.05, 3.63) is 144 Å². The lowest BCUT2D eigenvalue weighted by Gasteiger charge is -2.25. The molecule has 0 radical (unpaired) electrons. The second kappa shape index (κ2) is 17.1. The van der Waals surface area contributed by atoms with Crippen LogP contribution >= 0.6 is 0 Å². The van der Waals surface area contributed by atoms with E-state index < -0.39 is 49.2 Å². The summed E-state index contributed by atoms with van der Waals surface area (Å²) in [5.74, 6) is 0. The van der Waals surface area contributed by atoms with E-state index in [-0.39, 0.29) is 19.8 Å². The summed E-state index contributed by atoms with van der Waals surface area (Å²) in [6.45, 7) is 1.44. The maximum absolute atomic E-state index is 11.3. The van der Waals surface area contributed by atoms with Crippen molar-refractivity contribution in [2.24, 2.45) is 0 Å². The van der Waals surface area contributed by atoms with E-state index in [1.807, 2.05) is 121 Å². The molecule has 2 fully saturated rings. The summed E-state index contributed by atoms with van der Waals surface area (Å²) in [6, 6.07) is 39.1. The molecule has 248 valence electrons. The van der Waals surface area contributed by atoms with E-state index in [0.29, 0.717) is 19.8 Å². The Bertz CT molecular complexity index is 1440. The Hall–Kier alpha value is -3.48. The third-order valence-electron chi connectivity index (χ3n) is 8.25. The molecule has 47 heavy (non-hydrogen) atoms. The first kappa shape index (κ1) is 33.4. The lowest BCUT2D eigenvalue weighted by atomic mass is 10.1. The molecule has 0 unspecified atom stereocenters. The van der Waals surface area contributed by atoms with Crippen LogP contribution in [-0.2, 0) is 59.6 Å². The van der Waals surface area contributed by atoms with Crippen molar-refractivity contribution in [2.75, 3.05) is 13.2 Å². The summed E-state index contributed by atoms with van der Waals surface area (Å²) in [7, 11) is 0. The number of aliphatic hydroxyl groups excluding tert-OH is 2. The summed E-state index contributed by atoms with van der Waals surface area (Å²) >= 11 is 0. The van der Waals surface area contributed by atoms with Crippen LogP contribution in [0.1, 0.15) is 22.3 Å². The molecule has 0 aliphatic carbocycles. The SMILES string of the molecule is O[C@@H]1[C@@H](OC[C@H]2O[C@H](O)[C@@H](OCc3ccccc3)[C@@H]2OCc2ccccc2)O[C@H](COCc2ccccc2)[C@H]1OCc1ccccc1. The molecule has 6 rings (SSSR count). The molecule has 2 aliphatic rings. The van der Waals surface area contributed by atoms with Gasteiger partial charge in [-0.1, -0.05) is 121 Å². The summed E-state index contributed by atoms with van der Waals surface area (Å²) < 4.78 is 42.8. The highest BCUT2D eigenvalue weighted by Crippen LogP contribution is 2.31. The predicted octanol–water partition coefficient (Wildman–Crippen LogP) is 4.78. The van der Waals surface area contributed by atoms with E-state index in [4.69, 9.17) is 33.2 Å². The first-order valence-corrected chi connectivity index (χ1v) is 16.0. The van der Waals surface area contributed by atoms with Crippen molar-refractivity contribution in [2.45, 2.75) is 75.6 Å². The van der Waals surface area contributed by atoms with Gasteiger partial charge in [0, 0.05) is 0 Å². The fraction of sp³-hybridized carbons (Fsp3) is 0.368. The van der Waals surface area contributed by atoms with Crippen LogP contribution in [0.15, 0.2) is 121 Å². The molecule has 0 bridgehead atoms. The van der Waals surface area contributed by atoms with Crippen LogP contribution in [0.3, 0.4) is 0 Å². The van der Waals surface area contributed by atoms with Gasteiger partial charge in [0.15, 0.2) is 12.6 Å². The second-order valence-corrected chi connectivity index (χ2v) is 11.7. The first-order chi connectivity index (χ1) is 23.1.